The average molecular weight is 490 g/mol. The molecule has 0 bridgehead atoms. The highest BCUT2D eigenvalue weighted by molar-refractivity contribution is 6.31. The van der Waals surface area contributed by atoms with Gasteiger partial charge in [-0.15, -0.1) is 0 Å². The van der Waals surface area contributed by atoms with E-state index in [1.165, 1.54) is 41.4 Å². The van der Waals surface area contributed by atoms with Crippen molar-refractivity contribution in [1.29, 1.82) is 0 Å². The van der Waals surface area contributed by atoms with E-state index >= 15 is 0 Å². The maximum absolute atomic E-state index is 13.6. The summed E-state index contributed by atoms with van der Waals surface area (Å²) in [5.74, 6) is -0.820. The third-order valence-corrected chi connectivity index (χ3v) is 6.12. The van der Waals surface area contributed by atoms with Gasteiger partial charge < -0.3 is 16.0 Å². The van der Waals surface area contributed by atoms with E-state index in [0.29, 0.717) is 35.7 Å². The Balaban J connectivity index is 1.41. The molecule has 2 heterocycles. The van der Waals surface area contributed by atoms with Gasteiger partial charge in [0.25, 0.3) is 0 Å². The standard InChI is InChI=1S/C23H22ClF2N5O3/c24-22-15(2-1-3-18(22)26)11-29-23(33)30-7-6-19(27)20(30)12-34-31(13-32)21-9-16-8-17(25)5-4-14(16)10-28-21/h1-5,8-10,13,19-20H,6-7,11-12,27H2,(H,29,33)/t19-,20+/m0/s1. The number of nitrogens with zero attached hydrogens (tertiary/aromatic N) is 3. The first-order valence-electron chi connectivity index (χ1n) is 10.5. The Bertz CT molecular complexity index is 1210. The fourth-order valence-electron chi connectivity index (χ4n) is 3.83. The van der Waals surface area contributed by atoms with E-state index < -0.39 is 23.7 Å². The van der Waals surface area contributed by atoms with Crippen molar-refractivity contribution in [3.8, 4) is 0 Å². The number of anilines is 1. The van der Waals surface area contributed by atoms with Crippen LogP contribution in [0.1, 0.15) is 12.0 Å². The minimum atomic E-state index is -0.568. The van der Waals surface area contributed by atoms with E-state index in [1.807, 2.05) is 0 Å². The van der Waals surface area contributed by atoms with Crippen molar-refractivity contribution >= 4 is 40.6 Å². The lowest BCUT2D eigenvalue weighted by Crippen LogP contribution is -2.50. The molecule has 3 N–H and O–H groups in total. The molecule has 2 atom stereocenters. The van der Waals surface area contributed by atoms with Gasteiger partial charge >= 0.3 is 6.03 Å². The molecular weight excluding hydrogens is 468 g/mol. The summed E-state index contributed by atoms with van der Waals surface area (Å²) in [5, 5.41) is 4.83. The lowest BCUT2D eigenvalue weighted by molar-refractivity contribution is -0.114. The van der Waals surface area contributed by atoms with Crippen molar-refractivity contribution < 1.29 is 23.2 Å². The molecule has 0 radical (unpaired) electrons. The van der Waals surface area contributed by atoms with Gasteiger partial charge in [0, 0.05) is 30.7 Å². The number of nitrogens with two attached hydrogens (primary N) is 1. The SMILES string of the molecule is N[C@H]1CCN(C(=O)NCc2cccc(F)c2Cl)[C@@H]1CON(C=O)c1cc2cc(F)ccc2cn1. The van der Waals surface area contributed by atoms with Crippen LogP contribution in [0.4, 0.5) is 19.4 Å². The second kappa shape index (κ2) is 10.3. The molecule has 0 aliphatic carbocycles. The molecule has 1 aromatic heterocycles. The van der Waals surface area contributed by atoms with E-state index in [9.17, 15) is 18.4 Å². The number of carbonyl (C=O) groups is 2. The van der Waals surface area contributed by atoms with Gasteiger partial charge in [-0.1, -0.05) is 23.7 Å². The number of fused-ring (bicyclic) bond motifs is 1. The minimum absolute atomic E-state index is 0.0345. The third-order valence-electron chi connectivity index (χ3n) is 5.70. The van der Waals surface area contributed by atoms with E-state index in [0.717, 1.165) is 5.06 Å². The Kier molecular flexibility index (Phi) is 7.20. The van der Waals surface area contributed by atoms with Crippen molar-refractivity contribution in [2.45, 2.75) is 25.0 Å². The fourth-order valence-corrected chi connectivity index (χ4v) is 4.02. The lowest BCUT2D eigenvalue weighted by Gasteiger charge is -2.28. The molecule has 0 saturated carbocycles. The zero-order valence-corrected chi connectivity index (χ0v) is 18.7. The normalized spacial score (nSPS) is 17.7. The fraction of sp³-hybridized carbons (Fsp3) is 0.261. The molecule has 1 aliphatic rings. The van der Waals surface area contributed by atoms with Gasteiger partial charge in [-0.05, 0) is 47.7 Å². The molecule has 3 amide bonds. The summed E-state index contributed by atoms with van der Waals surface area (Å²) in [6, 6.07) is 8.79. The third kappa shape index (κ3) is 5.09. The molecular formula is C23H22ClF2N5O3. The Morgan fingerprint density at radius 2 is 2.12 bits per heavy atom. The second-order valence-corrected chi connectivity index (χ2v) is 8.22. The van der Waals surface area contributed by atoms with Crippen LogP contribution in [0.3, 0.4) is 0 Å². The molecule has 178 valence electrons. The summed E-state index contributed by atoms with van der Waals surface area (Å²) in [7, 11) is 0. The number of urea groups is 1. The molecule has 11 heteroatoms. The topological polar surface area (TPSA) is 101 Å². The Morgan fingerprint density at radius 3 is 2.91 bits per heavy atom. The van der Waals surface area contributed by atoms with Crippen LogP contribution in [0.15, 0.2) is 48.7 Å². The van der Waals surface area contributed by atoms with E-state index in [1.54, 1.807) is 12.1 Å². The minimum Gasteiger partial charge on any atom is -0.334 e. The second-order valence-electron chi connectivity index (χ2n) is 7.85. The molecule has 34 heavy (non-hydrogen) atoms. The van der Waals surface area contributed by atoms with Crippen LogP contribution in [0, 0.1) is 11.6 Å². The predicted molar refractivity (Wildman–Crippen MR) is 123 cm³/mol. The first kappa shape index (κ1) is 23.8. The van der Waals surface area contributed by atoms with Gasteiger partial charge in [0.2, 0.25) is 6.41 Å². The predicted octanol–water partition coefficient (Wildman–Crippen LogP) is 3.37. The number of amides is 3. The highest BCUT2D eigenvalue weighted by atomic mass is 35.5. The summed E-state index contributed by atoms with van der Waals surface area (Å²) in [6.07, 6.45) is 2.48. The number of halogens is 3. The number of rotatable bonds is 7. The van der Waals surface area contributed by atoms with E-state index in [4.69, 9.17) is 22.2 Å². The zero-order valence-electron chi connectivity index (χ0n) is 18.0. The monoisotopic (exact) mass is 489 g/mol. The van der Waals surface area contributed by atoms with Gasteiger partial charge in [-0.2, -0.15) is 5.06 Å². The van der Waals surface area contributed by atoms with Crippen molar-refractivity contribution in [2.24, 2.45) is 5.73 Å². The molecule has 8 nitrogen and oxygen atoms in total. The Hall–Kier alpha value is -3.34. The summed E-state index contributed by atoms with van der Waals surface area (Å²) in [6.45, 7) is 0.343. The van der Waals surface area contributed by atoms with Crippen LogP contribution < -0.4 is 16.1 Å². The molecule has 0 spiro atoms. The molecule has 1 fully saturated rings. The van der Waals surface area contributed by atoms with Gasteiger partial charge in [-0.3, -0.25) is 9.63 Å². The number of likely N-dealkylation sites (tertiary alicyclic amines) is 1. The zero-order chi connectivity index (χ0) is 24.2. The largest absolute Gasteiger partial charge is 0.334 e. The highest BCUT2D eigenvalue weighted by Crippen LogP contribution is 2.23. The van der Waals surface area contributed by atoms with Gasteiger partial charge in [-0.25, -0.2) is 18.6 Å². The number of hydroxylamine groups is 1. The summed E-state index contributed by atoms with van der Waals surface area (Å²) >= 11 is 5.95. The Morgan fingerprint density at radius 1 is 1.29 bits per heavy atom. The Labute approximate surface area is 199 Å². The van der Waals surface area contributed by atoms with Crippen molar-refractivity contribution in [3.05, 3.63) is 70.9 Å². The van der Waals surface area contributed by atoms with Gasteiger partial charge in [0.1, 0.15) is 11.6 Å². The van der Waals surface area contributed by atoms with Crippen molar-refractivity contribution in [2.75, 3.05) is 18.2 Å². The number of benzene rings is 2. The average Bonchev–Trinajstić information content (AvgIpc) is 3.20. The van der Waals surface area contributed by atoms with Crippen LogP contribution >= 0.6 is 11.6 Å². The van der Waals surface area contributed by atoms with Gasteiger partial charge in [0.05, 0.1) is 17.7 Å². The summed E-state index contributed by atoms with van der Waals surface area (Å²) in [5.41, 5.74) is 6.62. The lowest BCUT2D eigenvalue weighted by atomic mass is 10.1. The number of carbonyl (C=O) groups excluding carboxylic acids is 2. The molecule has 0 unspecified atom stereocenters. The molecule has 1 saturated heterocycles. The number of aromatic nitrogens is 1. The molecule has 1 aliphatic heterocycles. The number of hydrogen-bond acceptors (Lipinski definition) is 5. The first-order chi connectivity index (χ1) is 16.4. The maximum atomic E-state index is 13.6. The van der Waals surface area contributed by atoms with Crippen molar-refractivity contribution in [3.63, 3.8) is 0 Å². The summed E-state index contributed by atoms with van der Waals surface area (Å²) in [4.78, 5) is 35.7. The highest BCUT2D eigenvalue weighted by Gasteiger charge is 2.36. The van der Waals surface area contributed by atoms with Crippen LogP contribution in [0.5, 0.6) is 0 Å². The van der Waals surface area contributed by atoms with Crippen LogP contribution in [0.2, 0.25) is 5.02 Å². The van der Waals surface area contributed by atoms with Gasteiger partial charge in [0.15, 0.2) is 5.82 Å². The quantitative estimate of drug-likeness (QED) is 0.391. The van der Waals surface area contributed by atoms with E-state index in [2.05, 4.69) is 10.3 Å². The molecule has 4 rings (SSSR count). The van der Waals surface area contributed by atoms with Crippen molar-refractivity contribution in [1.82, 2.24) is 15.2 Å². The number of hydrogen-bond donors (Lipinski definition) is 2. The van der Waals surface area contributed by atoms with Crippen LogP contribution in [-0.2, 0) is 16.2 Å². The molecule has 3 aromatic rings. The van der Waals surface area contributed by atoms with Crippen LogP contribution in [-0.4, -0.2) is 47.6 Å². The summed E-state index contributed by atoms with van der Waals surface area (Å²) < 4.78 is 27.2. The number of nitrogens with one attached hydrogen (secondary N) is 1. The maximum Gasteiger partial charge on any atom is 0.318 e. The van der Waals surface area contributed by atoms with E-state index in [-0.39, 0.29) is 30.0 Å². The first-order valence-corrected chi connectivity index (χ1v) is 10.9. The smallest absolute Gasteiger partial charge is 0.318 e. The number of pyridine rings is 1. The van der Waals surface area contributed by atoms with Crippen LogP contribution in [0.25, 0.3) is 10.8 Å². The molecule has 2 aromatic carbocycles.